The Kier molecular flexibility index (Phi) is 5.36. The molecule has 0 amide bonds. The van der Waals surface area contributed by atoms with Crippen LogP contribution >= 0.6 is 0 Å². The fourth-order valence-corrected chi connectivity index (χ4v) is 2.16. The van der Waals surface area contributed by atoms with E-state index in [0.717, 1.165) is 12.1 Å². The lowest BCUT2D eigenvalue weighted by Crippen LogP contribution is -2.30. The van der Waals surface area contributed by atoms with Crippen molar-refractivity contribution in [2.75, 3.05) is 20.8 Å². The van der Waals surface area contributed by atoms with Crippen LogP contribution in [-0.2, 0) is 14.9 Å². The van der Waals surface area contributed by atoms with E-state index in [4.69, 9.17) is 9.47 Å². The van der Waals surface area contributed by atoms with Crippen LogP contribution in [0.4, 0.5) is 17.6 Å². The van der Waals surface area contributed by atoms with Gasteiger partial charge in [0.05, 0.1) is 14.2 Å². The maximum Gasteiger partial charge on any atom is 0.413 e. The van der Waals surface area contributed by atoms with Crippen molar-refractivity contribution in [1.82, 2.24) is 4.89 Å². The number of hydrogen-bond acceptors (Lipinski definition) is 5. The molecular weight excluding hydrogens is 322 g/mol. The van der Waals surface area contributed by atoms with Gasteiger partial charge in [0.25, 0.3) is 10.0 Å². The Balaban J connectivity index is 3.03. The van der Waals surface area contributed by atoms with E-state index in [0.29, 0.717) is 0 Å². The zero-order valence-corrected chi connectivity index (χ0v) is 11.6. The van der Waals surface area contributed by atoms with E-state index in [-0.39, 0.29) is 11.5 Å². The van der Waals surface area contributed by atoms with Gasteiger partial charge in [0.1, 0.15) is 10.7 Å². The molecule has 0 bridgehead atoms. The molecule has 1 aromatic rings. The molecule has 0 saturated carbocycles. The van der Waals surface area contributed by atoms with Crippen molar-refractivity contribution >= 4 is 10.0 Å². The van der Waals surface area contributed by atoms with Gasteiger partial charge < -0.3 is 9.47 Å². The average Bonchev–Trinajstić information content (AvgIpc) is 2.36. The van der Waals surface area contributed by atoms with Crippen LogP contribution in [0, 0.1) is 5.82 Å². The monoisotopic (exact) mass is 333 g/mol. The molecule has 11 heteroatoms. The van der Waals surface area contributed by atoms with E-state index in [2.05, 4.69) is 4.84 Å². The zero-order valence-electron chi connectivity index (χ0n) is 10.8. The number of ether oxygens (including phenoxy) is 2. The normalized spacial score (nSPS) is 12.3. The van der Waals surface area contributed by atoms with E-state index in [1.54, 1.807) is 0 Å². The van der Waals surface area contributed by atoms with Crippen LogP contribution in [0.15, 0.2) is 17.0 Å². The van der Waals surface area contributed by atoms with Crippen molar-refractivity contribution in [1.29, 1.82) is 0 Å². The Bertz CT molecular complexity index is 602. The summed E-state index contributed by atoms with van der Waals surface area (Å²) in [6.45, 7) is -1.86. The van der Waals surface area contributed by atoms with Gasteiger partial charge in [0, 0.05) is 12.1 Å². The molecule has 0 aliphatic rings. The molecule has 0 radical (unpaired) electrons. The Morgan fingerprint density at radius 1 is 1.14 bits per heavy atom. The van der Waals surface area contributed by atoms with Crippen molar-refractivity contribution in [3.63, 3.8) is 0 Å². The summed E-state index contributed by atoms with van der Waals surface area (Å²) < 4.78 is 82.1. The minimum atomic E-state index is -4.74. The highest BCUT2D eigenvalue weighted by atomic mass is 32.2. The first-order valence-electron chi connectivity index (χ1n) is 5.22. The van der Waals surface area contributed by atoms with Crippen LogP contribution in [0.1, 0.15) is 0 Å². The molecule has 0 aliphatic heterocycles. The highest BCUT2D eigenvalue weighted by molar-refractivity contribution is 7.89. The van der Waals surface area contributed by atoms with E-state index in [1.807, 2.05) is 0 Å². The Morgan fingerprint density at radius 3 is 2.14 bits per heavy atom. The SMILES string of the molecule is COc1cc(F)c(S(=O)(=O)NOCC(F)(F)F)cc1OC. The largest absolute Gasteiger partial charge is 0.493 e. The average molecular weight is 333 g/mol. The molecular formula is C10H11F4NO5S. The van der Waals surface area contributed by atoms with Crippen molar-refractivity contribution in [3.05, 3.63) is 17.9 Å². The second kappa shape index (κ2) is 6.45. The summed E-state index contributed by atoms with van der Waals surface area (Å²) in [5, 5.41) is 0. The second-order valence-corrected chi connectivity index (χ2v) is 5.24. The van der Waals surface area contributed by atoms with Crippen LogP contribution in [0.3, 0.4) is 0 Å². The second-order valence-electron chi connectivity index (χ2n) is 3.63. The van der Waals surface area contributed by atoms with Gasteiger partial charge in [-0.1, -0.05) is 4.89 Å². The van der Waals surface area contributed by atoms with E-state index in [9.17, 15) is 26.0 Å². The quantitative estimate of drug-likeness (QED) is 0.632. The lowest BCUT2D eigenvalue weighted by Gasteiger charge is -2.12. The van der Waals surface area contributed by atoms with Gasteiger partial charge in [0.15, 0.2) is 18.1 Å². The highest BCUT2D eigenvalue weighted by Gasteiger charge is 2.30. The van der Waals surface area contributed by atoms with E-state index < -0.39 is 33.5 Å². The number of halogens is 4. The minimum absolute atomic E-state index is 0.0786. The van der Waals surface area contributed by atoms with Gasteiger partial charge in [-0.3, -0.25) is 4.84 Å². The summed E-state index contributed by atoms with van der Waals surface area (Å²) in [5.41, 5.74) is 0. The molecule has 120 valence electrons. The first-order chi connectivity index (χ1) is 9.60. The summed E-state index contributed by atoms with van der Waals surface area (Å²) in [6, 6.07) is 1.48. The Labute approximate surface area is 117 Å². The van der Waals surface area contributed by atoms with Crippen LogP contribution in [0.5, 0.6) is 11.5 Å². The first-order valence-corrected chi connectivity index (χ1v) is 6.71. The van der Waals surface area contributed by atoms with Gasteiger partial charge in [-0.2, -0.15) is 13.2 Å². The molecule has 1 rings (SSSR count). The fourth-order valence-electron chi connectivity index (χ4n) is 1.28. The number of benzene rings is 1. The van der Waals surface area contributed by atoms with Crippen LogP contribution < -0.4 is 14.4 Å². The van der Waals surface area contributed by atoms with Gasteiger partial charge in [-0.25, -0.2) is 12.8 Å². The molecule has 0 spiro atoms. The third-order valence-corrected chi connectivity index (χ3v) is 3.36. The summed E-state index contributed by atoms with van der Waals surface area (Å²) >= 11 is 0. The van der Waals surface area contributed by atoms with Crippen molar-refractivity contribution in [3.8, 4) is 11.5 Å². The third-order valence-electron chi connectivity index (χ3n) is 2.13. The van der Waals surface area contributed by atoms with Crippen LogP contribution in [0.2, 0.25) is 0 Å². The first kappa shape index (κ1) is 17.5. The Morgan fingerprint density at radius 2 is 1.67 bits per heavy atom. The molecule has 0 aliphatic carbocycles. The highest BCUT2D eigenvalue weighted by Crippen LogP contribution is 2.31. The number of methoxy groups -OCH3 is 2. The maximum absolute atomic E-state index is 13.7. The van der Waals surface area contributed by atoms with Gasteiger partial charge in [0.2, 0.25) is 0 Å². The zero-order chi connectivity index (χ0) is 16.3. The number of rotatable bonds is 6. The number of nitrogens with one attached hydrogen (secondary N) is 1. The molecule has 0 heterocycles. The maximum atomic E-state index is 13.7. The summed E-state index contributed by atoms with van der Waals surface area (Å²) in [7, 11) is -2.27. The van der Waals surface area contributed by atoms with E-state index in [1.165, 1.54) is 19.1 Å². The molecule has 0 aromatic heterocycles. The van der Waals surface area contributed by atoms with Crippen LogP contribution in [-0.4, -0.2) is 35.4 Å². The number of hydrogen-bond donors (Lipinski definition) is 1. The summed E-state index contributed by atoms with van der Waals surface area (Å²) in [6.07, 6.45) is -4.74. The van der Waals surface area contributed by atoms with Gasteiger partial charge >= 0.3 is 6.18 Å². The standard InChI is InChI=1S/C10H11F4NO5S/c1-18-7-3-6(11)9(4-8(7)19-2)21(16,17)15-20-5-10(12,13)14/h3-4,15H,5H2,1-2H3. The lowest BCUT2D eigenvalue weighted by molar-refractivity contribution is -0.181. The smallest absolute Gasteiger partial charge is 0.413 e. The lowest BCUT2D eigenvalue weighted by atomic mass is 10.3. The molecule has 1 aromatic carbocycles. The molecule has 6 nitrogen and oxygen atoms in total. The van der Waals surface area contributed by atoms with Crippen LogP contribution in [0.25, 0.3) is 0 Å². The minimum Gasteiger partial charge on any atom is -0.493 e. The predicted molar refractivity (Wildman–Crippen MR) is 61.8 cm³/mol. The summed E-state index contributed by atoms with van der Waals surface area (Å²) in [5.74, 6) is -1.43. The van der Waals surface area contributed by atoms with Crippen molar-refractivity contribution in [2.45, 2.75) is 11.1 Å². The van der Waals surface area contributed by atoms with E-state index >= 15 is 0 Å². The van der Waals surface area contributed by atoms with Crippen molar-refractivity contribution in [2.24, 2.45) is 0 Å². The topological polar surface area (TPSA) is 73.9 Å². The molecule has 1 N–H and O–H groups in total. The number of alkyl halides is 3. The number of sulfonamides is 1. The van der Waals surface area contributed by atoms with Gasteiger partial charge in [-0.15, -0.1) is 0 Å². The fraction of sp³-hybridized carbons (Fsp3) is 0.400. The molecule has 0 unspecified atom stereocenters. The van der Waals surface area contributed by atoms with Gasteiger partial charge in [-0.05, 0) is 0 Å². The molecule has 21 heavy (non-hydrogen) atoms. The predicted octanol–water partition coefficient (Wildman–Crippen LogP) is 1.62. The van der Waals surface area contributed by atoms with Crippen molar-refractivity contribution < 1.29 is 40.3 Å². The Hall–Kier alpha value is -1.59. The molecule has 0 fully saturated rings. The third kappa shape index (κ3) is 4.72. The molecule has 0 atom stereocenters. The molecule has 0 saturated heterocycles. The summed E-state index contributed by atoms with van der Waals surface area (Å²) in [4.78, 5) is 4.04.